The number of hydrogen-bond acceptors (Lipinski definition) is 5. The third kappa shape index (κ3) is 3.93. The minimum atomic E-state index is -3.09. The van der Waals surface area contributed by atoms with E-state index in [0.29, 0.717) is 26.2 Å². The van der Waals surface area contributed by atoms with Crippen LogP contribution in [0.15, 0.2) is 18.3 Å². The van der Waals surface area contributed by atoms with Crippen LogP contribution in [0.3, 0.4) is 0 Å². The van der Waals surface area contributed by atoms with Crippen molar-refractivity contribution < 1.29 is 8.42 Å². The van der Waals surface area contributed by atoms with E-state index in [2.05, 4.69) is 35.1 Å². The molecule has 1 N–H and O–H groups in total. The van der Waals surface area contributed by atoms with Gasteiger partial charge in [-0.15, -0.1) is 0 Å². The lowest BCUT2D eigenvalue weighted by Crippen LogP contribution is -2.49. The van der Waals surface area contributed by atoms with Crippen LogP contribution in [-0.2, 0) is 10.0 Å². The van der Waals surface area contributed by atoms with Crippen LogP contribution in [0.1, 0.15) is 25.5 Å². The average Bonchev–Trinajstić information content (AvgIpc) is 2.47. The topological polar surface area (TPSA) is 65.5 Å². The molecule has 2 rings (SSSR count). The van der Waals surface area contributed by atoms with E-state index in [1.165, 1.54) is 10.6 Å². The van der Waals surface area contributed by atoms with Crippen molar-refractivity contribution in [3.8, 4) is 0 Å². The summed E-state index contributed by atoms with van der Waals surface area (Å²) in [5, 5.41) is 3.40. The molecular weight excluding hydrogens is 288 g/mol. The molecular formula is C14H24N4O2S. The summed E-state index contributed by atoms with van der Waals surface area (Å²) in [4.78, 5) is 6.68. The zero-order valence-electron chi connectivity index (χ0n) is 12.9. The number of nitrogens with zero attached hydrogens (tertiary/aromatic N) is 3. The van der Waals surface area contributed by atoms with Crippen molar-refractivity contribution in [3.05, 3.63) is 23.9 Å². The van der Waals surface area contributed by atoms with Crippen LogP contribution >= 0.6 is 0 Å². The Kier molecular flexibility index (Phi) is 5.18. The summed E-state index contributed by atoms with van der Waals surface area (Å²) in [6.07, 6.45) is 3.06. The molecule has 6 nitrogen and oxygen atoms in total. The summed E-state index contributed by atoms with van der Waals surface area (Å²) < 4.78 is 24.7. The molecule has 1 saturated heterocycles. The quantitative estimate of drug-likeness (QED) is 0.872. The highest BCUT2D eigenvalue weighted by Crippen LogP contribution is 2.25. The first-order chi connectivity index (χ1) is 9.93. The molecule has 1 atom stereocenters. The first kappa shape index (κ1) is 16.2. The molecule has 0 bridgehead atoms. The average molecular weight is 312 g/mol. The molecule has 0 amide bonds. The Labute approximate surface area is 127 Å². The summed E-state index contributed by atoms with van der Waals surface area (Å²) in [5.74, 6) is 0.958. The summed E-state index contributed by atoms with van der Waals surface area (Å²) in [7, 11) is -3.09. The van der Waals surface area contributed by atoms with Gasteiger partial charge < -0.3 is 10.2 Å². The number of nitrogens with one attached hydrogen (secondary N) is 1. The molecule has 21 heavy (non-hydrogen) atoms. The van der Waals surface area contributed by atoms with Gasteiger partial charge in [0.05, 0.1) is 6.26 Å². The van der Waals surface area contributed by atoms with Crippen molar-refractivity contribution in [2.45, 2.75) is 19.9 Å². The molecule has 1 fully saturated rings. The number of piperazine rings is 1. The molecule has 2 heterocycles. The maximum absolute atomic E-state index is 11.6. The summed E-state index contributed by atoms with van der Waals surface area (Å²) in [5.41, 5.74) is 1.16. The molecule has 1 aliphatic rings. The van der Waals surface area contributed by atoms with Gasteiger partial charge in [0.1, 0.15) is 5.82 Å². The van der Waals surface area contributed by atoms with Gasteiger partial charge in [-0.25, -0.2) is 13.4 Å². The third-order valence-electron chi connectivity index (χ3n) is 3.80. The third-order valence-corrected chi connectivity index (χ3v) is 5.10. The van der Waals surface area contributed by atoms with Gasteiger partial charge in [-0.1, -0.05) is 13.0 Å². The van der Waals surface area contributed by atoms with E-state index in [4.69, 9.17) is 0 Å². The molecule has 0 saturated carbocycles. The van der Waals surface area contributed by atoms with Crippen molar-refractivity contribution in [3.63, 3.8) is 0 Å². The largest absolute Gasteiger partial charge is 0.354 e. The normalized spacial score (nSPS) is 18.7. The second kappa shape index (κ2) is 6.72. The molecule has 1 unspecified atom stereocenters. The first-order valence-electron chi connectivity index (χ1n) is 7.32. The number of sulfonamides is 1. The number of hydrogen-bond donors (Lipinski definition) is 1. The minimum absolute atomic E-state index is 0.228. The Balaban J connectivity index is 2.13. The van der Waals surface area contributed by atoms with Gasteiger partial charge in [0.15, 0.2) is 0 Å². The fourth-order valence-electron chi connectivity index (χ4n) is 2.66. The van der Waals surface area contributed by atoms with E-state index in [1.807, 2.05) is 6.07 Å². The van der Waals surface area contributed by atoms with Crippen LogP contribution in [0.2, 0.25) is 0 Å². The lowest BCUT2D eigenvalue weighted by molar-refractivity contribution is 0.386. The lowest BCUT2D eigenvalue weighted by atomic mass is 10.1. The van der Waals surface area contributed by atoms with Gasteiger partial charge in [0, 0.05) is 44.0 Å². The number of aromatic nitrogens is 1. The number of pyridine rings is 1. The molecule has 1 aromatic rings. The summed E-state index contributed by atoms with van der Waals surface area (Å²) in [6.45, 7) is 7.49. The molecule has 0 spiro atoms. The minimum Gasteiger partial charge on any atom is -0.354 e. The fraction of sp³-hybridized carbons (Fsp3) is 0.643. The van der Waals surface area contributed by atoms with Gasteiger partial charge in [-0.2, -0.15) is 4.31 Å². The van der Waals surface area contributed by atoms with Crippen LogP contribution < -0.4 is 10.2 Å². The second-order valence-electron chi connectivity index (χ2n) is 5.34. The molecule has 118 valence electrons. The van der Waals surface area contributed by atoms with Gasteiger partial charge in [0.2, 0.25) is 10.0 Å². The van der Waals surface area contributed by atoms with Crippen LogP contribution in [-0.4, -0.2) is 56.7 Å². The van der Waals surface area contributed by atoms with Gasteiger partial charge in [-0.05, 0) is 19.5 Å². The van der Waals surface area contributed by atoms with Crippen LogP contribution in [0.4, 0.5) is 5.82 Å². The van der Waals surface area contributed by atoms with Crippen molar-refractivity contribution in [1.82, 2.24) is 14.6 Å². The molecule has 1 aromatic heterocycles. The van der Waals surface area contributed by atoms with E-state index < -0.39 is 10.0 Å². The lowest BCUT2D eigenvalue weighted by Gasteiger charge is -2.35. The maximum Gasteiger partial charge on any atom is 0.211 e. The smallest absolute Gasteiger partial charge is 0.211 e. The van der Waals surface area contributed by atoms with Gasteiger partial charge in [-0.3, -0.25) is 0 Å². The van der Waals surface area contributed by atoms with E-state index in [9.17, 15) is 8.42 Å². The summed E-state index contributed by atoms with van der Waals surface area (Å²) in [6, 6.07) is 4.25. The molecule has 1 aliphatic heterocycles. The number of rotatable bonds is 5. The monoisotopic (exact) mass is 312 g/mol. The Morgan fingerprint density at radius 3 is 2.57 bits per heavy atom. The Bertz CT molecular complexity index is 568. The zero-order valence-corrected chi connectivity index (χ0v) is 13.7. The van der Waals surface area contributed by atoms with Gasteiger partial charge >= 0.3 is 0 Å². The van der Waals surface area contributed by atoms with Gasteiger partial charge in [0.25, 0.3) is 0 Å². The highest BCUT2D eigenvalue weighted by molar-refractivity contribution is 7.88. The number of anilines is 1. The van der Waals surface area contributed by atoms with E-state index >= 15 is 0 Å². The van der Waals surface area contributed by atoms with Crippen molar-refractivity contribution in [2.75, 3.05) is 43.9 Å². The standard InChI is InChI=1S/C14H24N4O2S/c1-4-15-12(2)13-6-5-7-16-14(13)17-8-10-18(11-9-17)21(3,19)20/h5-7,12,15H,4,8-11H2,1-3H3. The van der Waals surface area contributed by atoms with Crippen molar-refractivity contribution in [2.24, 2.45) is 0 Å². The predicted octanol–water partition coefficient (Wildman–Crippen LogP) is 0.834. The second-order valence-corrected chi connectivity index (χ2v) is 7.33. The first-order valence-corrected chi connectivity index (χ1v) is 9.16. The highest BCUT2D eigenvalue weighted by atomic mass is 32.2. The maximum atomic E-state index is 11.6. The molecule has 0 aliphatic carbocycles. The highest BCUT2D eigenvalue weighted by Gasteiger charge is 2.25. The zero-order chi connectivity index (χ0) is 15.5. The predicted molar refractivity (Wildman–Crippen MR) is 85.0 cm³/mol. The van der Waals surface area contributed by atoms with Crippen molar-refractivity contribution >= 4 is 15.8 Å². The molecule has 0 aromatic carbocycles. The summed E-state index contributed by atoms with van der Waals surface area (Å²) >= 11 is 0. The fourth-order valence-corrected chi connectivity index (χ4v) is 3.49. The van der Waals surface area contributed by atoms with Crippen LogP contribution in [0.5, 0.6) is 0 Å². The Hall–Kier alpha value is -1.18. The van der Waals surface area contributed by atoms with E-state index in [-0.39, 0.29) is 6.04 Å². The molecule has 7 heteroatoms. The van der Waals surface area contributed by atoms with E-state index in [1.54, 1.807) is 6.20 Å². The Morgan fingerprint density at radius 1 is 1.33 bits per heavy atom. The SMILES string of the molecule is CCNC(C)c1cccnc1N1CCN(S(C)(=O)=O)CC1. The molecule has 0 radical (unpaired) electrons. The Morgan fingerprint density at radius 2 is 2.00 bits per heavy atom. The van der Waals surface area contributed by atoms with E-state index in [0.717, 1.165) is 17.9 Å². The van der Waals surface area contributed by atoms with Crippen LogP contribution in [0.25, 0.3) is 0 Å². The van der Waals surface area contributed by atoms with Crippen LogP contribution in [0, 0.1) is 0 Å². The van der Waals surface area contributed by atoms with Crippen molar-refractivity contribution in [1.29, 1.82) is 0 Å².